The highest BCUT2D eigenvalue weighted by Crippen LogP contribution is 2.52. The molecule has 12 heteroatoms. The SMILES string of the molecule is O=C(NC(C(F)(F)F)(C(F)(F)F)C(F)(F)F)Oc1ccccc1. The maximum Gasteiger partial charge on any atom is 0.429 e. The topological polar surface area (TPSA) is 38.3 Å². The molecule has 0 aliphatic heterocycles. The molecule has 1 aromatic rings. The quantitative estimate of drug-likeness (QED) is 0.808. The normalized spacial score (nSPS) is 13.6. The van der Waals surface area contributed by atoms with Gasteiger partial charge in [0.05, 0.1) is 0 Å². The molecule has 0 unspecified atom stereocenters. The fourth-order valence-electron chi connectivity index (χ4n) is 1.47. The number of benzene rings is 1. The minimum Gasteiger partial charge on any atom is -0.410 e. The smallest absolute Gasteiger partial charge is 0.410 e. The maximum atomic E-state index is 12.6. The third kappa shape index (κ3) is 3.62. The number of hydrogen-bond donors (Lipinski definition) is 1. The molecule has 0 aliphatic rings. The average Bonchev–Trinajstić information content (AvgIpc) is 2.32. The van der Waals surface area contributed by atoms with Gasteiger partial charge >= 0.3 is 30.2 Å². The number of ether oxygens (including phenoxy) is 1. The first kappa shape index (κ1) is 18.9. The van der Waals surface area contributed by atoms with Crippen LogP contribution in [0.15, 0.2) is 30.3 Å². The minimum atomic E-state index is -6.90. The summed E-state index contributed by atoms with van der Waals surface area (Å²) in [6.07, 6.45) is -23.3. The van der Waals surface area contributed by atoms with Crippen LogP contribution in [0.3, 0.4) is 0 Å². The van der Waals surface area contributed by atoms with Crippen LogP contribution < -0.4 is 10.1 Å². The Balaban J connectivity index is 3.24. The Hall–Kier alpha value is -2.14. The third-order valence-electron chi connectivity index (χ3n) is 2.52. The second kappa shape index (κ2) is 5.81. The second-order valence-corrected chi connectivity index (χ2v) is 4.07. The Labute approximate surface area is 122 Å². The van der Waals surface area contributed by atoms with E-state index < -0.39 is 35.9 Å². The van der Waals surface area contributed by atoms with Crippen LogP contribution in [-0.4, -0.2) is 30.2 Å². The first-order valence-corrected chi connectivity index (χ1v) is 5.47. The molecule has 0 fully saturated rings. The van der Waals surface area contributed by atoms with Gasteiger partial charge in [0.25, 0.3) is 0 Å². The first-order chi connectivity index (χ1) is 10.2. The first-order valence-electron chi connectivity index (χ1n) is 5.47. The van der Waals surface area contributed by atoms with Crippen LogP contribution in [0.25, 0.3) is 0 Å². The molecule has 0 aliphatic carbocycles. The van der Waals surface area contributed by atoms with Crippen molar-refractivity contribution in [1.82, 2.24) is 5.32 Å². The summed E-state index contributed by atoms with van der Waals surface area (Å²) >= 11 is 0. The molecule has 0 atom stereocenters. The van der Waals surface area contributed by atoms with Gasteiger partial charge in [0.15, 0.2) is 0 Å². The van der Waals surface area contributed by atoms with Crippen molar-refractivity contribution in [2.45, 2.75) is 24.1 Å². The molecule has 1 amide bonds. The number of nitrogens with one attached hydrogen (secondary N) is 1. The molecule has 130 valence electrons. The Morgan fingerprint density at radius 3 is 1.52 bits per heavy atom. The van der Waals surface area contributed by atoms with E-state index in [-0.39, 0.29) is 5.32 Å². The zero-order chi connectivity index (χ0) is 18.1. The molecule has 0 radical (unpaired) electrons. The molecular formula is C11H6F9NO2. The van der Waals surface area contributed by atoms with Crippen molar-refractivity contribution in [2.24, 2.45) is 0 Å². The molecule has 0 spiro atoms. The van der Waals surface area contributed by atoms with E-state index >= 15 is 0 Å². The van der Waals surface area contributed by atoms with Gasteiger partial charge in [-0.15, -0.1) is 0 Å². The molecule has 3 nitrogen and oxygen atoms in total. The van der Waals surface area contributed by atoms with Crippen molar-refractivity contribution in [3.8, 4) is 5.75 Å². The van der Waals surface area contributed by atoms with Crippen molar-refractivity contribution in [3.63, 3.8) is 0 Å². The van der Waals surface area contributed by atoms with Crippen LogP contribution in [0.5, 0.6) is 5.75 Å². The lowest BCUT2D eigenvalue weighted by Gasteiger charge is -2.38. The van der Waals surface area contributed by atoms with Crippen LogP contribution in [0.4, 0.5) is 44.3 Å². The molecule has 0 bridgehead atoms. The summed E-state index contributed by atoms with van der Waals surface area (Å²) in [5.41, 5.74) is -6.46. The fraction of sp³-hybridized carbons (Fsp3) is 0.364. The zero-order valence-electron chi connectivity index (χ0n) is 10.6. The van der Waals surface area contributed by atoms with Crippen molar-refractivity contribution in [2.75, 3.05) is 0 Å². The summed E-state index contributed by atoms with van der Waals surface area (Å²) in [4.78, 5) is 11.1. The van der Waals surface area contributed by atoms with Gasteiger partial charge in [-0.05, 0) is 12.1 Å². The highest BCUT2D eigenvalue weighted by molar-refractivity contribution is 5.72. The van der Waals surface area contributed by atoms with E-state index in [2.05, 4.69) is 4.74 Å². The number of amides is 1. The molecule has 1 rings (SSSR count). The predicted molar refractivity (Wildman–Crippen MR) is 56.5 cm³/mol. The molecule has 0 heterocycles. The Morgan fingerprint density at radius 1 is 0.783 bits per heavy atom. The summed E-state index contributed by atoms with van der Waals surface area (Å²) in [7, 11) is 0. The molecule has 1 N–H and O–H groups in total. The lowest BCUT2D eigenvalue weighted by molar-refractivity contribution is -0.386. The van der Waals surface area contributed by atoms with Crippen molar-refractivity contribution in [3.05, 3.63) is 30.3 Å². The van der Waals surface area contributed by atoms with Crippen LogP contribution >= 0.6 is 0 Å². The van der Waals surface area contributed by atoms with Gasteiger partial charge in [-0.25, -0.2) is 4.79 Å². The van der Waals surface area contributed by atoms with Crippen LogP contribution in [0.2, 0.25) is 0 Å². The lowest BCUT2D eigenvalue weighted by atomic mass is 9.97. The minimum absolute atomic E-state index is 0.137. The van der Waals surface area contributed by atoms with E-state index in [9.17, 15) is 44.3 Å². The summed E-state index contributed by atoms with van der Waals surface area (Å²) in [5.74, 6) is -0.551. The Kier molecular flexibility index (Phi) is 4.78. The van der Waals surface area contributed by atoms with E-state index in [4.69, 9.17) is 0 Å². The Bertz CT molecular complexity index is 511. The number of hydrogen-bond acceptors (Lipinski definition) is 2. The van der Waals surface area contributed by atoms with Crippen molar-refractivity contribution in [1.29, 1.82) is 0 Å². The number of carbonyl (C=O) groups is 1. The van der Waals surface area contributed by atoms with Crippen LogP contribution in [-0.2, 0) is 0 Å². The third-order valence-corrected chi connectivity index (χ3v) is 2.52. The number of para-hydroxylation sites is 1. The van der Waals surface area contributed by atoms with E-state index in [1.807, 2.05) is 0 Å². The van der Waals surface area contributed by atoms with Gasteiger partial charge < -0.3 is 4.74 Å². The molecule has 0 saturated heterocycles. The number of halogens is 9. The van der Waals surface area contributed by atoms with E-state index in [1.54, 1.807) is 0 Å². The largest absolute Gasteiger partial charge is 0.429 e. The Morgan fingerprint density at radius 2 is 1.17 bits per heavy atom. The number of rotatable bonds is 2. The van der Waals surface area contributed by atoms with Gasteiger partial charge in [-0.3, -0.25) is 5.32 Å². The highest BCUT2D eigenvalue weighted by Gasteiger charge is 2.85. The maximum absolute atomic E-state index is 12.6. The van der Waals surface area contributed by atoms with Crippen LogP contribution in [0, 0.1) is 0 Å². The van der Waals surface area contributed by atoms with Gasteiger partial charge in [-0.1, -0.05) is 18.2 Å². The molecule has 0 aromatic heterocycles. The van der Waals surface area contributed by atoms with Crippen LogP contribution in [0.1, 0.15) is 0 Å². The summed E-state index contributed by atoms with van der Waals surface area (Å²) in [5, 5.41) is -0.137. The average molecular weight is 355 g/mol. The van der Waals surface area contributed by atoms with Crippen molar-refractivity contribution >= 4 is 6.09 Å². The number of carbonyl (C=O) groups excluding carboxylic acids is 1. The van der Waals surface area contributed by atoms with Gasteiger partial charge in [0.2, 0.25) is 0 Å². The molecule has 1 aromatic carbocycles. The molecule has 0 saturated carbocycles. The predicted octanol–water partition coefficient (Wildman–Crippen LogP) is 4.20. The molecular weight excluding hydrogens is 349 g/mol. The fourth-order valence-corrected chi connectivity index (χ4v) is 1.47. The van der Waals surface area contributed by atoms with Gasteiger partial charge in [0, 0.05) is 0 Å². The summed E-state index contributed by atoms with van der Waals surface area (Å²) in [6, 6.07) is 5.61. The van der Waals surface area contributed by atoms with Gasteiger partial charge in [0.1, 0.15) is 5.75 Å². The zero-order valence-corrected chi connectivity index (χ0v) is 10.6. The van der Waals surface area contributed by atoms with Crippen molar-refractivity contribution < 1.29 is 49.0 Å². The van der Waals surface area contributed by atoms with E-state index in [0.717, 1.165) is 12.1 Å². The lowest BCUT2D eigenvalue weighted by Crippen LogP contribution is -2.75. The summed E-state index contributed by atoms with van der Waals surface area (Å²) < 4.78 is 117. The summed E-state index contributed by atoms with van der Waals surface area (Å²) in [6.45, 7) is 0. The second-order valence-electron chi connectivity index (χ2n) is 4.07. The van der Waals surface area contributed by atoms with E-state index in [1.165, 1.54) is 18.2 Å². The monoisotopic (exact) mass is 355 g/mol. The number of alkyl halides is 9. The highest BCUT2D eigenvalue weighted by atomic mass is 19.4. The molecule has 23 heavy (non-hydrogen) atoms. The van der Waals surface area contributed by atoms with Gasteiger partial charge in [-0.2, -0.15) is 39.5 Å². The standard InChI is InChI=1S/C11H6F9NO2/c12-9(13,14)8(10(15,16)17,11(18,19)20)21-7(22)23-6-4-2-1-3-5-6/h1-5H,(H,21,22). The van der Waals surface area contributed by atoms with E-state index in [0.29, 0.717) is 0 Å².